The summed E-state index contributed by atoms with van der Waals surface area (Å²) < 4.78 is 21.0. The maximum atomic E-state index is 14.2. The van der Waals surface area contributed by atoms with Gasteiger partial charge in [-0.25, -0.2) is 0 Å². The number of nitrogens with two attached hydrogens (primary N) is 1. The zero-order valence-corrected chi connectivity index (χ0v) is 30.6. The monoisotopic (exact) mass is 744 g/mol. The number of oxazole rings is 1. The molecule has 0 fully saturated rings. The van der Waals surface area contributed by atoms with Crippen LogP contribution in [0.3, 0.4) is 0 Å². The van der Waals surface area contributed by atoms with Crippen LogP contribution in [0.5, 0.6) is 0 Å². The molecule has 2 aliphatic rings. The SMILES string of the molecule is Cc1ccc2c(c1)oc(C=C1C(=O)C(C=C3N(CCOCCO)c4ccc(Br)cc4C3(C)C)=C1SCCOCCN)[n+]2Cc1ccccc1. The summed E-state index contributed by atoms with van der Waals surface area (Å²) in [7, 11) is 0. The van der Waals surface area contributed by atoms with Gasteiger partial charge in [-0.1, -0.05) is 66.2 Å². The van der Waals surface area contributed by atoms with Crippen LogP contribution in [0.4, 0.5) is 5.69 Å². The minimum Gasteiger partial charge on any atom is -0.398 e. The lowest BCUT2D eigenvalue weighted by molar-refractivity contribution is -0.669. The summed E-state index contributed by atoms with van der Waals surface area (Å²) >= 11 is 5.28. The van der Waals surface area contributed by atoms with Gasteiger partial charge >= 0.3 is 5.89 Å². The summed E-state index contributed by atoms with van der Waals surface area (Å²) in [6, 6.07) is 22.8. The Morgan fingerprint density at radius 1 is 1.02 bits per heavy atom. The summed E-state index contributed by atoms with van der Waals surface area (Å²) in [6.07, 6.45) is 3.96. The molecule has 0 unspecified atom stereocenters. The molecule has 3 aromatic carbocycles. The molecule has 0 atom stereocenters. The van der Waals surface area contributed by atoms with Crippen LogP contribution in [0.2, 0.25) is 0 Å². The Balaban J connectivity index is 1.43. The number of carbonyl (C=O) groups is 1. The maximum absolute atomic E-state index is 14.2. The molecule has 2 heterocycles. The second-order valence-electron chi connectivity index (χ2n) is 12.7. The van der Waals surface area contributed by atoms with Crippen LogP contribution in [-0.4, -0.2) is 62.8 Å². The predicted octanol–water partition coefficient (Wildman–Crippen LogP) is 6.46. The molecule has 8 nitrogen and oxygen atoms in total. The quantitative estimate of drug-likeness (QED) is 0.0813. The number of aromatic nitrogens is 1. The number of fused-ring (bicyclic) bond motifs is 2. The van der Waals surface area contributed by atoms with E-state index in [9.17, 15) is 9.90 Å². The zero-order chi connectivity index (χ0) is 34.5. The molecule has 4 aromatic rings. The van der Waals surface area contributed by atoms with E-state index in [1.807, 2.05) is 43.3 Å². The van der Waals surface area contributed by atoms with Crippen LogP contribution in [0.1, 0.15) is 36.4 Å². The first-order chi connectivity index (χ1) is 23.7. The van der Waals surface area contributed by atoms with Gasteiger partial charge in [-0.2, -0.15) is 4.57 Å². The van der Waals surface area contributed by atoms with E-state index in [0.717, 1.165) is 43.0 Å². The second-order valence-corrected chi connectivity index (χ2v) is 14.7. The van der Waals surface area contributed by atoms with Gasteiger partial charge in [-0.05, 0) is 48.4 Å². The first-order valence-electron chi connectivity index (χ1n) is 16.6. The molecule has 0 radical (unpaired) electrons. The van der Waals surface area contributed by atoms with Crippen molar-refractivity contribution in [3.05, 3.63) is 122 Å². The van der Waals surface area contributed by atoms with Gasteiger partial charge in [0.2, 0.25) is 5.58 Å². The predicted molar refractivity (Wildman–Crippen MR) is 200 cm³/mol. The minimum atomic E-state index is -0.377. The van der Waals surface area contributed by atoms with Crippen molar-refractivity contribution in [1.82, 2.24) is 0 Å². The largest absolute Gasteiger partial charge is 0.398 e. The summed E-state index contributed by atoms with van der Waals surface area (Å²) in [6.45, 7) is 9.78. The molecule has 0 spiro atoms. The van der Waals surface area contributed by atoms with Crippen molar-refractivity contribution in [2.45, 2.75) is 32.7 Å². The van der Waals surface area contributed by atoms with Gasteiger partial charge in [0.05, 0.1) is 39.1 Å². The van der Waals surface area contributed by atoms with Gasteiger partial charge in [0.15, 0.2) is 12.3 Å². The minimum absolute atomic E-state index is 0.0230. The first kappa shape index (κ1) is 35.3. The van der Waals surface area contributed by atoms with Crippen LogP contribution >= 0.6 is 27.7 Å². The number of Topliss-reactive ketones (excluding diaryl/α,β-unsaturated/α-hetero) is 1. The molecule has 0 amide bonds. The average Bonchev–Trinajstić information content (AvgIpc) is 3.52. The number of anilines is 1. The number of aryl methyl sites for hydroxylation is 1. The third-order valence-corrected chi connectivity index (χ3v) is 10.5. The van der Waals surface area contributed by atoms with Crippen molar-refractivity contribution in [2.24, 2.45) is 5.73 Å². The van der Waals surface area contributed by atoms with E-state index < -0.39 is 0 Å². The van der Waals surface area contributed by atoms with Crippen molar-refractivity contribution in [3.63, 3.8) is 0 Å². The van der Waals surface area contributed by atoms with Crippen molar-refractivity contribution >= 4 is 56.3 Å². The second kappa shape index (κ2) is 15.6. The lowest BCUT2D eigenvalue weighted by Crippen LogP contribution is -2.36. The Kier molecular flexibility index (Phi) is 11.2. The highest BCUT2D eigenvalue weighted by molar-refractivity contribution is 9.10. The fraction of sp³-hybridized carbons (Fsp3) is 0.333. The number of ether oxygens (including phenoxy) is 2. The van der Waals surface area contributed by atoms with Crippen LogP contribution < -0.4 is 15.2 Å². The molecule has 256 valence electrons. The Morgan fingerprint density at radius 3 is 2.59 bits per heavy atom. The van der Waals surface area contributed by atoms with Crippen LogP contribution in [0.15, 0.2) is 103 Å². The third kappa shape index (κ3) is 7.50. The van der Waals surface area contributed by atoms with E-state index in [4.69, 9.17) is 19.6 Å². The van der Waals surface area contributed by atoms with Crippen LogP contribution in [0.25, 0.3) is 17.2 Å². The van der Waals surface area contributed by atoms with Gasteiger partial charge < -0.3 is 29.6 Å². The first-order valence-corrected chi connectivity index (χ1v) is 18.4. The molecule has 6 rings (SSSR count). The Morgan fingerprint density at radius 2 is 1.82 bits per heavy atom. The summed E-state index contributed by atoms with van der Waals surface area (Å²) in [5.74, 6) is 1.27. The fourth-order valence-corrected chi connectivity index (χ4v) is 7.80. The number of thioether (sulfide) groups is 1. The van der Waals surface area contributed by atoms with Gasteiger partial charge in [0.1, 0.15) is 0 Å². The zero-order valence-electron chi connectivity index (χ0n) is 28.2. The molecule has 3 N–H and O–H groups in total. The molecular weight excluding hydrogens is 702 g/mol. The van der Waals surface area contributed by atoms with E-state index in [1.165, 1.54) is 5.56 Å². The number of benzene rings is 3. The van der Waals surface area contributed by atoms with E-state index in [2.05, 4.69) is 81.7 Å². The van der Waals surface area contributed by atoms with Gasteiger partial charge in [-0.15, -0.1) is 11.8 Å². The van der Waals surface area contributed by atoms with Gasteiger partial charge in [-0.3, -0.25) is 4.79 Å². The van der Waals surface area contributed by atoms with E-state index in [0.29, 0.717) is 62.2 Å². The molecule has 49 heavy (non-hydrogen) atoms. The lowest BCUT2D eigenvalue weighted by atomic mass is 9.81. The maximum Gasteiger partial charge on any atom is 0.375 e. The lowest BCUT2D eigenvalue weighted by Gasteiger charge is -2.30. The van der Waals surface area contributed by atoms with Gasteiger partial charge in [0.25, 0.3) is 5.52 Å². The number of aliphatic hydroxyl groups excluding tert-OH is 1. The Labute approximate surface area is 300 Å². The average molecular weight is 746 g/mol. The highest BCUT2D eigenvalue weighted by Gasteiger charge is 2.43. The van der Waals surface area contributed by atoms with Crippen LogP contribution in [-0.2, 0) is 26.2 Å². The number of allylic oxidation sites excluding steroid dienone is 4. The molecule has 0 saturated heterocycles. The van der Waals surface area contributed by atoms with Crippen molar-refractivity contribution < 1.29 is 28.4 Å². The number of rotatable bonds is 15. The number of hydrogen-bond acceptors (Lipinski definition) is 8. The third-order valence-electron chi connectivity index (χ3n) is 8.88. The number of nitrogens with zero attached hydrogens (tertiary/aromatic N) is 2. The Hall–Kier alpha value is -3.51. The number of hydrogen-bond donors (Lipinski definition) is 2. The molecular formula is C39H43BrN3O5S+. The Bertz CT molecular complexity index is 1930. The van der Waals surface area contributed by atoms with E-state index in [-0.39, 0.29) is 24.4 Å². The standard InChI is InChI=1S/C39H43BrN3O5S/c1-26-9-11-33-34(21-26)48-36(43(33)25-27-7-5-4-6-8-27)24-30-37(45)29(38(30)49-20-19-46-16-13-41)23-35-39(2,3)31-22-28(40)10-12-32(31)42(35)14-17-47-18-15-44/h4-12,21-24,44H,13-20,25,41H2,1-3H3/q+1. The van der Waals surface area contributed by atoms with Crippen LogP contribution in [0, 0.1) is 6.92 Å². The number of aliphatic hydroxyl groups is 1. The topological polar surface area (TPSA) is 102 Å². The van der Waals surface area contributed by atoms with E-state index >= 15 is 0 Å². The molecule has 1 aromatic heterocycles. The number of halogens is 1. The molecule has 1 aliphatic carbocycles. The summed E-state index contributed by atoms with van der Waals surface area (Å²) in [4.78, 5) is 17.4. The van der Waals surface area contributed by atoms with Crippen molar-refractivity contribution in [2.75, 3.05) is 56.8 Å². The van der Waals surface area contributed by atoms with E-state index in [1.54, 1.807) is 11.8 Å². The molecule has 1 aliphatic heterocycles. The van der Waals surface area contributed by atoms with Crippen molar-refractivity contribution in [1.29, 1.82) is 0 Å². The normalized spacial score (nSPS) is 17.1. The highest BCUT2D eigenvalue weighted by Crippen LogP contribution is 2.50. The number of carbonyl (C=O) groups excluding carboxylic acids is 1. The molecule has 0 saturated carbocycles. The highest BCUT2D eigenvalue weighted by atomic mass is 79.9. The molecule has 10 heteroatoms. The van der Waals surface area contributed by atoms with Gasteiger partial charge in [0, 0.05) is 67.8 Å². The number of ketones is 1. The summed E-state index contributed by atoms with van der Waals surface area (Å²) in [5.41, 5.74) is 13.8. The van der Waals surface area contributed by atoms with Crippen molar-refractivity contribution in [3.8, 4) is 0 Å². The fourth-order valence-electron chi connectivity index (χ4n) is 6.42. The summed E-state index contributed by atoms with van der Waals surface area (Å²) in [5, 5.41) is 9.26. The molecule has 0 bridgehead atoms. The smallest absolute Gasteiger partial charge is 0.375 e.